The highest BCUT2D eigenvalue weighted by atomic mass is 32.1. The molecule has 1 aliphatic carbocycles. The van der Waals surface area contributed by atoms with Crippen LogP contribution in [0.3, 0.4) is 0 Å². The van der Waals surface area contributed by atoms with Crippen molar-refractivity contribution >= 4 is 58.6 Å². The van der Waals surface area contributed by atoms with E-state index in [9.17, 15) is 28.8 Å². The number of alkyl carbamates (subject to hydrolysis) is 2. The van der Waals surface area contributed by atoms with Gasteiger partial charge in [0.2, 0.25) is 11.9 Å². The monoisotopic (exact) mass is 774 g/mol. The van der Waals surface area contributed by atoms with Gasteiger partial charge < -0.3 is 19.1 Å². The maximum absolute atomic E-state index is 13.7. The first kappa shape index (κ1) is 42.4. The molecular weight excluding hydrogens is 725 g/mol. The van der Waals surface area contributed by atoms with Crippen LogP contribution in [0.2, 0.25) is 0 Å². The molecule has 3 amide bonds. The summed E-state index contributed by atoms with van der Waals surface area (Å²) in [4.78, 5) is 81.9. The molecule has 2 N–H and O–H groups in total. The number of nitrogens with zero attached hydrogens (tertiary/aromatic N) is 2. The van der Waals surface area contributed by atoms with E-state index in [0.717, 1.165) is 36.0 Å². The first-order valence-electron chi connectivity index (χ1n) is 18.1. The van der Waals surface area contributed by atoms with Crippen molar-refractivity contribution in [1.82, 2.24) is 15.5 Å². The van der Waals surface area contributed by atoms with Gasteiger partial charge in [0.15, 0.2) is 5.78 Å². The first-order chi connectivity index (χ1) is 25.7. The quantitative estimate of drug-likeness (QED) is 0.0644. The highest BCUT2D eigenvalue weighted by Crippen LogP contribution is 2.37. The number of hydrogen-bond donors (Lipinski definition) is 2. The zero-order chi connectivity index (χ0) is 40.5. The van der Waals surface area contributed by atoms with Crippen LogP contribution >= 0.6 is 11.3 Å². The Morgan fingerprint density at radius 3 is 2.07 bits per heavy atom. The molecule has 13 nitrogen and oxygen atoms in total. The Morgan fingerprint density at radius 2 is 1.51 bits per heavy atom. The number of ketones is 2. The zero-order valence-corrected chi connectivity index (χ0v) is 33.5. The van der Waals surface area contributed by atoms with Crippen LogP contribution in [-0.2, 0) is 32.0 Å². The Labute approximate surface area is 325 Å². The first-order valence-corrected chi connectivity index (χ1v) is 19.0. The Hall–Kier alpha value is -5.37. The summed E-state index contributed by atoms with van der Waals surface area (Å²) < 4.78 is 16.3. The van der Waals surface area contributed by atoms with Gasteiger partial charge in [-0.1, -0.05) is 6.07 Å². The predicted octanol–water partition coefficient (Wildman–Crippen LogP) is 8.02. The second-order valence-corrected chi connectivity index (χ2v) is 16.4. The molecule has 55 heavy (non-hydrogen) atoms. The molecule has 1 aliphatic rings. The lowest BCUT2D eigenvalue weighted by Crippen LogP contribution is -2.47. The number of aryl methyl sites for hydroxylation is 1. The summed E-state index contributed by atoms with van der Waals surface area (Å²) in [5.41, 5.74) is 1.85. The molecule has 0 radical (unpaired) electrons. The lowest BCUT2D eigenvalue weighted by atomic mass is 9.80. The summed E-state index contributed by atoms with van der Waals surface area (Å²) >= 11 is 1.35. The maximum Gasteiger partial charge on any atom is 0.414 e. The number of thiophene rings is 1. The number of aliphatic imine (C=N–C) groups is 1. The van der Waals surface area contributed by atoms with Crippen molar-refractivity contribution in [2.24, 2.45) is 4.99 Å². The Kier molecular flexibility index (Phi) is 14.1. The van der Waals surface area contributed by atoms with Crippen molar-refractivity contribution in [3.63, 3.8) is 0 Å². The van der Waals surface area contributed by atoms with Crippen LogP contribution in [0.15, 0.2) is 58.9 Å². The van der Waals surface area contributed by atoms with Gasteiger partial charge in [-0.05, 0) is 145 Å². The van der Waals surface area contributed by atoms with Crippen LogP contribution in [0.1, 0.15) is 124 Å². The van der Waals surface area contributed by atoms with Gasteiger partial charge >= 0.3 is 18.2 Å². The Balaban J connectivity index is 1.43. The van der Waals surface area contributed by atoms with E-state index >= 15 is 0 Å². The number of amides is 3. The molecule has 1 heterocycles. The fourth-order valence-corrected chi connectivity index (χ4v) is 6.62. The topological polar surface area (TPSA) is 170 Å². The molecule has 1 aromatic heterocycles. The van der Waals surface area contributed by atoms with Gasteiger partial charge in [-0.15, -0.1) is 11.3 Å². The van der Waals surface area contributed by atoms with Crippen LogP contribution in [-0.4, -0.2) is 64.2 Å². The molecular formula is C41H50N4O9S. The van der Waals surface area contributed by atoms with E-state index in [-0.39, 0.29) is 47.8 Å². The van der Waals surface area contributed by atoms with Crippen LogP contribution in [0.25, 0.3) is 0 Å². The minimum Gasteiger partial charge on any atom is -0.444 e. The summed E-state index contributed by atoms with van der Waals surface area (Å²) in [7, 11) is 0. The minimum atomic E-state index is -0.837. The van der Waals surface area contributed by atoms with Gasteiger partial charge in [0.1, 0.15) is 22.7 Å². The number of benzene rings is 2. The van der Waals surface area contributed by atoms with E-state index in [0.29, 0.717) is 29.4 Å². The van der Waals surface area contributed by atoms with Crippen LogP contribution in [0.5, 0.6) is 5.75 Å². The molecule has 14 heteroatoms. The van der Waals surface area contributed by atoms with Gasteiger partial charge in [0.05, 0.1) is 16.1 Å². The normalized spacial score (nSPS) is 13.8. The second-order valence-electron chi connectivity index (χ2n) is 15.4. The number of ether oxygens (including phenoxy) is 3. The maximum atomic E-state index is 13.7. The summed E-state index contributed by atoms with van der Waals surface area (Å²) in [6.45, 7) is 13.8. The van der Waals surface area contributed by atoms with Gasteiger partial charge in [-0.25, -0.2) is 19.4 Å². The third kappa shape index (κ3) is 13.8. The fraction of sp³-hybridized carbons (Fsp3) is 0.439. The number of rotatable bonds is 11. The Morgan fingerprint density at radius 1 is 0.873 bits per heavy atom. The zero-order valence-electron chi connectivity index (χ0n) is 32.7. The van der Waals surface area contributed by atoms with Gasteiger partial charge in [0.25, 0.3) is 0 Å². The van der Waals surface area contributed by atoms with E-state index in [4.69, 9.17) is 14.2 Å². The van der Waals surface area contributed by atoms with Crippen molar-refractivity contribution in [2.45, 2.75) is 111 Å². The molecule has 0 aliphatic heterocycles. The molecule has 294 valence electrons. The average Bonchev–Trinajstić information content (AvgIpc) is 3.54. The lowest BCUT2D eigenvalue weighted by Gasteiger charge is -2.29. The van der Waals surface area contributed by atoms with E-state index in [2.05, 4.69) is 15.6 Å². The highest BCUT2D eigenvalue weighted by Gasteiger charge is 2.27. The molecule has 3 aromatic rings. The lowest BCUT2D eigenvalue weighted by molar-refractivity contribution is -0.132. The van der Waals surface area contributed by atoms with Crippen molar-refractivity contribution < 1.29 is 43.0 Å². The molecule has 1 unspecified atom stereocenters. The number of guanidine groups is 1. The smallest absolute Gasteiger partial charge is 0.414 e. The number of nitrogens with one attached hydrogen (secondary N) is 2. The van der Waals surface area contributed by atoms with E-state index < -0.39 is 29.4 Å². The summed E-state index contributed by atoms with van der Waals surface area (Å²) in [6, 6.07) is 13.3. The summed E-state index contributed by atoms with van der Waals surface area (Å²) in [5.74, 6) is -0.598. The molecule has 2 aromatic carbocycles. The second kappa shape index (κ2) is 18.3. The van der Waals surface area contributed by atoms with Crippen molar-refractivity contribution in [1.29, 1.82) is 0 Å². The third-order valence-electron chi connectivity index (χ3n) is 8.23. The molecule has 0 bridgehead atoms. The standard InChI is InChI=1S/C41H50N4O9S/c1-25(46)18-19-45(23-27-20-34(26(2)47)55-24-27)35(48)22-30-11-9-10-29-21-32(16-17-33(29)30)52-36(49)28-12-14-31(15-13-28)42-37(43-38(50)53-40(3,4)5)44-39(51)54-41(6,7)8/h12-17,20-21,24,30H,9-11,18-19,22-23H2,1-8H3,(H2,42,43,44,50,51). The summed E-state index contributed by atoms with van der Waals surface area (Å²) in [5, 5.41) is 6.71. The van der Waals surface area contributed by atoms with Crippen LogP contribution < -0.4 is 15.4 Å². The molecule has 0 saturated carbocycles. The predicted molar refractivity (Wildman–Crippen MR) is 209 cm³/mol. The van der Waals surface area contributed by atoms with E-state index in [1.54, 1.807) is 58.6 Å². The number of fused-ring (bicyclic) bond motifs is 1. The van der Waals surface area contributed by atoms with Gasteiger partial charge in [-0.3, -0.25) is 25.0 Å². The number of hydrogen-bond acceptors (Lipinski definition) is 11. The fourth-order valence-electron chi connectivity index (χ4n) is 5.81. The number of carbonyl (C=O) groups is 6. The van der Waals surface area contributed by atoms with Crippen LogP contribution in [0.4, 0.5) is 15.3 Å². The molecule has 0 fully saturated rings. The largest absolute Gasteiger partial charge is 0.444 e. The summed E-state index contributed by atoms with van der Waals surface area (Å²) in [6.07, 6.45) is 1.29. The molecule has 0 saturated heterocycles. The number of esters is 1. The molecule has 1 atom stereocenters. The molecule has 4 rings (SSSR count). The van der Waals surface area contributed by atoms with Crippen LogP contribution in [0, 0.1) is 0 Å². The van der Waals surface area contributed by atoms with Gasteiger partial charge in [0, 0.05) is 25.9 Å². The highest BCUT2D eigenvalue weighted by molar-refractivity contribution is 7.12. The SMILES string of the molecule is CC(=O)CCN(Cc1csc(C(C)=O)c1)C(=O)CC1CCCc2cc(OC(=O)c3ccc(N=C(NC(=O)OC(C)(C)C)NC(=O)OC(C)(C)C)cc3)ccc21. The molecule has 0 spiro atoms. The Bertz CT molecular complexity index is 1910. The van der Waals surface area contributed by atoms with Gasteiger partial charge in [-0.2, -0.15) is 0 Å². The van der Waals surface area contributed by atoms with E-state index in [1.807, 2.05) is 17.5 Å². The van der Waals surface area contributed by atoms with E-state index in [1.165, 1.54) is 49.4 Å². The number of Topliss-reactive ketones (excluding diaryl/α,β-unsaturated/α-hetero) is 2. The van der Waals surface area contributed by atoms with Crippen molar-refractivity contribution in [3.8, 4) is 5.75 Å². The van der Waals surface area contributed by atoms with Crippen molar-refractivity contribution in [2.75, 3.05) is 6.54 Å². The minimum absolute atomic E-state index is 0.00333. The average molecular weight is 775 g/mol. The number of carbonyl (C=O) groups excluding carboxylic acids is 6. The third-order valence-corrected chi connectivity index (χ3v) is 9.31. The van der Waals surface area contributed by atoms with Crippen molar-refractivity contribution in [3.05, 3.63) is 81.0 Å².